The first kappa shape index (κ1) is 24.3. The fraction of sp³-hybridized carbons (Fsp3) is 0.357. The van der Waals surface area contributed by atoms with Crippen molar-refractivity contribution in [3.05, 3.63) is 81.8 Å². The third-order valence-corrected chi connectivity index (χ3v) is 7.71. The first-order valence-electron chi connectivity index (χ1n) is 12.3. The number of anilines is 1. The van der Waals surface area contributed by atoms with Crippen LogP contribution in [0.3, 0.4) is 0 Å². The van der Waals surface area contributed by atoms with Crippen LogP contribution in [0.15, 0.2) is 60.0 Å². The minimum absolute atomic E-state index is 0.00410. The zero-order chi connectivity index (χ0) is 25.1. The number of benzene rings is 2. The van der Waals surface area contributed by atoms with Gasteiger partial charge in [-0.2, -0.15) is 0 Å². The number of rotatable bonds is 8. The van der Waals surface area contributed by atoms with Crippen LogP contribution in [-0.2, 0) is 11.2 Å². The molecule has 6 nitrogen and oxygen atoms in total. The van der Waals surface area contributed by atoms with E-state index < -0.39 is 0 Å². The summed E-state index contributed by atoms with van der Waals surface area (Å²) in [5.41, 5.74) is 2.89. The predicted octanol–water partition coefficient (Wildman–Crippen LogP) is 5.64. The molecule has 2 heterocycles. The van der Waals surface area contributed by atoms with Gasteiger partial charge in [0.05, 0.1) is 6.04 Å². The van der Waals surface area contributed by atoms with Crippen molar-refractivity contribution in [1.29, 1.82) is 0 Å². The van der Waals surface area contributed by atoms with E-state index in [4.69, 9.17) is 4.74 Å². The second-order valence-electron chi connectivity index (χ2n) is 9.54. The first-order valence-corrected chi connectivity index (χ1v) is 13.2. The van der Waals surface area contributed by atoms with Crippen molar-refractivity contribution in [2.45, 2.75) is 32.2 Å². The van der Waals surface area contributed by atoms with Crippen LogP contribution >= 0.6 is 11.3 Å². The topological polar surface area (TPSA) is 61.9 Å². The molecule has 1 aromatic heterocycles. The molecule has 2 aliphatic rings. The fourth-order valence-electron chi connectivity index (χ4n) is 4.53. The van der Waals surface area contributed by atoms with Gasteiger partial charge in [0.1, 0.15) is 24.7 Å². The van der Waals surface area contributed by atoms with Gasteiger partial charge in [0, 0.05) is 29.7 Å². The third-order valence-electron chi connectivity index (χ3n) is 6.71. The Labute approximate surface area is 214 Å². The molecule has 3 aromatic rings. The molecule has 0 unspecified atom stereocenters. The van der Waals surface area contributed by atoms with Crippen LogP contribution in [0.25, 0.3) is 0 Å². The molecule has 8 heteroatoms. The monoisotopic (exact) mass is 507 g/mol. The number of fused-ring (bicyclic) bond motifs is 1. The summed E-state index contributed by atoms with van der Waals surface area (Å²) < 4.78 is 19.6. The van der Waals surface area contributed by atoms with Crippen LogP contribution in [0.2, 0.25) is 0 Å². The largest absolute Gasteiger partial charge is 0.491 e. The Morgan fingerprint density at radius 2 is 1.97 bits per heavy atom. The molecule has 188 valence electrons. The lowest BCUT2D eigenvalue weighted by Crippen LogP contribution is -2.49. The average molecular weight is 508 g/mol. The minimum atomic E-state index is -0.365. The molecule has 0 bridgehead atoms. The van der Waals surface area contributed by atoms with Gasteiger partial charge in [-0.15, -0.1) is 11.3 Å². The van der Waals surface area contributed by atoms with Crippen LogP contribution in [0.5, 0.6) is 5.75 Å². The van der Waals surface area contributed by atoms with E-state index in [1.165, 1.54) is 17.0 Å². The summed E-state index contributed by atoms with van der Waals surface area (Å²) in [7, 11) is 0. The highest BCUT2D eigenvalue weighted by atomic mass is 32.1. The smallest absolute Gasteiger partial charge is 0.322 e. The lowest BCUT2D eigenvalue weighted by Gasteiger charge is -2.37. The summed E-state index contributed by atoms with van der Waals surface area (Å²) in [4.78, 5) is 31.4. The van der Waals surface area contributed by atoms with Gasteiger partial charge in [-0.3, -0.25) is 4.79 Å². The van der Waals surface area contributed by atoms with Gasteiger partial charge in [-0.05, 0) is 73.4 Å². The van der Waals surface area contributed by atoms with Gasteiger partial charge in [0.15, 0.2) is 0 Å². The zero-order valence-corrected chi connectivity index (χ0v) is 21.1. The first-order chi connectivity index (χ1) is 17.5. The van der Waals surface area contributed by atoms with Crippen molar-refractivity contribution in [3.63, 3.8) is 0 Å². The Hall–Kier alpha value is -3.39. The Bertz CT molecular complexity index is 1220. The summed E-state index contributed by atoms with van der Waals surface area (Å²) in [6.45, 7) is 3.34. The predicted molar refractivity (Wildman–Crippen MR) is 139 cm³/mol. The third kappa shape index (κ3) is 5.87. The lowest BCUT2D eigenvalue weighted by atomic mass is 10.0. The highest BCUT2D eigenvalue weighted by Crippen LogP contribution is 2.35. The average Bonchev–Trinajstić information content (AvgIpc) is 3.55. The summed E-state index contributed by atoms with van der Waals surface area (Å²) in [6.07, 6.45) is 2.93. The number of thiophene rings is 1. The van der Waals surface area contributed by atoms with E-state index in [1.54, 1.807) is 28.4 Å². The van der Waals surface area contributed by atoms with Crippen LogP contribution in [-0.4, -0.2) is 48.0 Å². The van der Waals surface area contributed by atoms with Gasteiger partial charge in [0.2, 0.25) is 5.91 Å². The summed E-state index contributed by atoms with van der Waals surface area (Å²) in [5.74, 6) is 0.395. The normalized spacial score (nSPS) is 16.8. The van der Waals surface area contributed by atoms with Gasteiger partial charge < -0.3 is 19.9 Å². The van der Waals surface area contributed by atoms with Gasteiger partial charge >= 0.3 is 6.03 Å². The molecule has 1 saturated carbocycles. The maximum atomic E-state index is 13.6. The molecule has 0 saturated heterocycles. The Balaban J connectivity index is 1.30. The highest BCUT2D eigenvalue weighted by Gasteiger charge is 2.35. The number of amides is 3. The summed E-state index contributed by atoms with van der Waals surface area (Å²) in [6, 6.07) is 15.1. The number of aryl methyl sites for hydroxylation is 1. The number of ether oxygens (including phenoxy) is 1. The molecule has 0 radical (unpaired) electrons. The molecule has 2 aromatic carbocycles. The molecular formula is C28H30FN3O3S. The van der Waals surface area contributed by atoms with E-state index >= 15 is 0 Å². The number of carbonyl (C=O) groups is 2. The quantitative estimate of drug-likeness (QED) is 0.429. The maximum absolute atomic E-state index is 13.6. The Morgan fingerprint density at radius 3 is 2.72 bits per heavy atom. The molecule has 1 atom stereocenters. The number of halogens is 1. The molecule has 1 aliphatic heterocycles. The SMILES string of the molecule is Cc1ccc(NC(=O)N(CC(=O)N2CCc3sccc3[C@H]2COc2cccc(F)c2)CC2CC2)cc1. The summed E-state index contributed by atoms with van der Waals surface area (Å²) >= 11 is 1.68. The highest BCUT2D eigenvalue weighted by molar-refractivity contribution is 7.10. The minimum Gasteiger partial charge on any atom is -0.491 e. The molecule has 1 fully saturated rings. The van der Waals surface area contributed by atoms with Gasteiger partial charge in [0.25, 0.3) is 0 Å². The molecule has 1 N–H and O–H groups in total. The zero-order valence-electron chi connectivity index (χ0n) is 20.3. The van der Waals surface area contributed by atoms with Crippen molar-refractivity contribution >= 4 is 29.0 Å². The number of hydrogen-bond donors (Lipinski definition) is 1. The van der Waals surface area contributed by atoms with Crippen molar-refractivity contribution in [1.82, 2.24) is 9.80 Å². The van der Waals surface area contributed by atoms with Crippen LogP contribution in [0, 0.1) is 18.7 Å². The molecule has 36 heavy (non-hydrogen) atoms. The number of urea groups is 1. The maximum Gasteiger partial charge on any atom is 0.322 e. The number of nitrogens with zero attached hydrogens (tertiary/aromatic N) is 2. The fourth-order valence-corrected chi connectivity index (χ4v) is 5.46. The van der Waals surface area contributed by atoms with Crippen LogP contribution < -0.4 is 10.1 Å². The molecular weight excluding hydrogens is 477 g/mol. The van der Waals surface area contributed by atoms with E-state index in [9.17, 15) is 14.0 Å². The number of nitrogens with one attached hydrogen (secondary N) is 1. The van der Waals surface area contributed by atoms with Crippen molar-refractivity contribution in [3.8, 4) is 5.75 Å². The molecule has 3 amide bonds. The summed E-state index contributed by atoms with van der Waals surface area (Å²) in [5, 5.41) is 4.97. The van der Waals surface area contributed by atoms with Crippen molar-refractivity contribution in [2.24, 2.45) is 5.92 Å². The Morgan fingerprint density at radius 1 is 1.17 bits per heavy atom. The van der Waals surface area contributed by atoms with Crippen molar-refractivity contribution in [2.75, 3.05) is 31.6 Å². The van der Waals surface area contributed by atoms with E-state index in [2.05, 4.69) is 5.32 Å². The van der Waals surface area contributed by atoms with Crippen LogP contribution in [0.4, 0.5) is 14.9 Å². The van der Waals surface area contributed by atoms with Crippen molar-refractivity contribution < 1.29 is 18.7 Å². The second-order valence-corrected chi connectivity index (χ2v) is 10.5. The second kappa shape index (κ2) is 10.7. The van der Waals surface area contributed by atoms with E-state index in [0.717, 1.165) is 30.4 Å². The number of carbonyl (C=O) groups excluding carboxylic acids is 2. The van der Waals surface area contributed by atoms with Gasteiger partial charge in [-0.1, -0.05) is 23.8 Å². The van der Waals surface area contributed by atoms with E-state index in [0.29, 0.717) is 30.4 Å². The number of hydrogen-bond acceptors (Lipinski definition) is 4. The molecule has 0 spiro atoms. The molecule has 5 rings (SSSR count). The lowest BCUT2D eigenvalue weighted by molar-refractivity contribution is -0.135. The Kier molecular flexibility index (Phi) is 7.23. The van der Waals surface area contributed by atoms with Gasteiger partial charge in [-0.25, -0.2) is 9.18 Å². The standard InChI is InChI=1S/C28H30FN3O3S/c1-19-5-9-22(10-6-19)30-28(34)31(16-20-7-8-20)17-27(33)32-13-11-26-24(12-14-36-26)25(32)18-35-23-4-2-3-21(29)15-23/h2-6,9-10,12,14-15,20,25H,7-8,11,13,16-18H2,1H3,(H,30,34)/t25-/m1/s1. The van der Waals surface area contributed by atoms with E-state index in [1.807, 2.05) is 47.5 Å². The van der Waals surface area contributed by atoms with E-state index in [-0.39, 0.29) is 36.9 Å². The molecule has 1 aliphatic carbocycles. The van der Waals surface area contributed by atoms with Crippen LogP contribution in [0.1, 0.15) is 34.9 Å².